The highest BCUT2D eigenvalue weighted by molar-refractivity contribution is 5.95. The van der Waals surface area contributed by atoms with Crippen LogP contribution in [0, 0.1) is 27.7 Å². The number of benzene rings is 1. The van der Waals surface area contributed by atoms with Gasteiger partial charge >= 0.3 is 0 Å². The topological polar surface area (TPSA) is 76.0 Å². The Kier molecular flexibility index (Phi) is 5.16. The van der Waals surface area contributed by atoms with Gasteiger partial charge in [0.15, 0.2) is 0 Å². The Morgan fingerprint density at radius 2 is 1.74 bits per heavy atom. The number of aromatic nitrogens is 2. The summed E-state index contributed by atoms with van der Waals surface area (Å²) in [5.74, 6) is -0.489. The summed E-state index contributed by atoms with van der Waals surface area (Å²) >= 11 is 0. The Hall–Kier alpha value is -2.63. The number of amides is 2. The fourth-order valence-electron chi connectivity index (χ4n) is 2.40. The molecule has 2 N–H and O–H groups in total. The maximum atomic E-state index is 12.0. The lowest BCUT2D eigenvalue weighted by Crippen LogP contribution is -2.35. The molecule has 0 saturated heterocycles. The lowest BCUT2D eigenvalue weighted by atomic mass is 10.1. The van der Waals surface area contributed by atoms with Gasteiger partial charge in [-0.15, -0.1) is 0 Å². The Morgan fingerprint density at radius 1 is 1.09 bits per heavy atom. The number of rotatable bonds is 5. The molecular weight excluding hydrogens is 292 g/mol. The molecular formula is C17H22N4O2. The first-order valence-electron chi connectivity index (χ1n) is 7.50. The molecule has 0 fully saturated rings. The Balaban J connectivity index is 1.87. The minimum Gasteiger partial charge on any atom is -0.345 e. The summed E-state index contributed by atoms with van der Waals surface area (Å²) < 4.78 is 1.62. The van der Waals surface area contributed by atoms with E-state index < -0.39 is 0 Å². The Morgan fingerprint density at radius 3 is 2.30 bits per heavy atom. The highest BCUT2D eigenvalue weighted by atomic mass is 16.2. The van der Waals surface area contributed by atoms with E-state index in [2.05, 4.69) is 15.7 Å². The summed E-state index contributed by atoms with van der Waals surface area (Å²) in [6.07, 6.45) is 0. The maximum absolute atomic E-state index is 12.0. The van der Waals surface area contributed by atoms with E-state index >= 15 is 0 Å². The van der Waals surface area contributed by atoms with E-state index in [1.54, 1.807) is 4.68 Å². The molecule has 0 aliphatic rings. The standard InChI is InChI=1S/C17H22N4O2/c1-11-6-5-7-12(2)17(11)19-15(22)9-18-16(23)10-21-14(4)8-13(3)20-21/h5-8H,9-10H2,1-4H3,(H,18,23)(H,19,22). The van der Waals surface area contributed by atoms with Gasteiger partial charge in [0.25, 0.3) is 0 Å². The lowest BCUT2D eigenvalue weighted by Gasteiger charge is -2.12. The number of anilines is 1. The van der Waals surface area contributed by atoms with Gasteiger partial charge in [-0.05, 0) is 44.9 Å². The number of aryl methyl sites for hydroxylation is 4. The molecule has 1 aromatic carbocycles. The third-order valence-corrected chi connectivity index (χ3v) is 3.59. The number of hydrogen-bond acceptors (Lipinski definition) is 3. The number of para-hydroxylation sites is 1. The van der Waals surface area contributed by atoms with E-state index in [9.17, 15) is 9.59 Å². The lowest BCUT2D eigenvalue weighted by molar-refractivity contribution is -0.124. The first kappa shape index (κ1) is 16.7. The molecule has 0 spiro atoms. The zero-order valence-electron chi connectivity index (χ0n) is 13.9. The van der Waals surface area contributed by atoms with Crippen molar-refractivity contribution in [2.75, 3.05) is 11.9 Å². The van der Waals surface area contributed by atoms with Crippen molar-refractivity contribution in [2.24, 2.45) is 0 Å². The van der Waals surface area contributed by atoms with Crippen LogP contribution in [0.2, 0.25) is 0 Å². The average Bonchev–Trinajstić information content (AvgIpc) is 2.79. The van der Waals surface area contributed by atoms with E-state index in [-0.39, 0.29) is 24.9 Å². The van der Waals surface area contributed by atoms with Crippen molar-refractivity contribution in [1.29, 1.82) is 0 Å². The Bertz CT molecular complexity index is 714. The zero-order chi connectivity index (χ0) is 17.0. The third kappa shape index (κ3) is 4.42. The van der Waals surface area contributed by atoms with Crippen LogP contribution in [0.1, 0.15) is 22.5 Å². The number of carbonyl (C=O) groups excluding carboxylic acids is 2. The number of carbonyl (C=O) groups is 2. The molecule has 0 atom stereocenters. The fourth-order valence-corrected chi connectivity index (χ4v) is 2.40. The van der Waals surface area contributed by atoms with Crippen LogP contribution >= 0.6 is 0 Å². The molecule has 0 aliphatic heterocycles. The molecule has 0 radical (unpaired) electrons. The van der Waals surface area contributed by atoms with E-state index in [1.165, 1.54) is 0 Å². The van der Waals surface area contributed by atoms with Crippen molar-refractivity contribution in [3.05, 3.63) is 46.8 Å². The molecule has 2 rings (SSSR count). The van der Waals surface area contributed by atoms with Gasteiger partial charge < -0.3 is 10.6 Å². The van der Waals surface area contributed by atoms with Crippen molar-refractivity contribution >= 4 is 17.5 Å². The van der Waals surface area contributed by atoms with Gasteiger partial charge in [0.1, 0.15) is 6.54 Å². The van der Waals surface area contributed by atoms with Crippen LogP contribution in [0.15, 0.2) is 24.3 Å². The molecule has 2 amide bonds. The van der Waals surface area contributed by atoms with Gasteiger partial charge in [-0.25, -0.2) is 0 Å². The van der Waals surface area contributed by atoms with Gasteiger partial charge in [-0.1, -0.05) is 18.2 Å². The van der Waals surface area contributed by atoms with Gasteiger partial charge in [0.05, 0.1) is 12.2 Å². The van der Waals surface area contributed by atoms with E-state index in [0.29, 0.717) is 0 Å². The van der Waals surface area contributed by atoms with Crippen LogP contribution in [-0.2, 0) is 16.1 Å². The summed E-state index contributed by atoms with van der Waals surface area (Å²) in [6.45, 7) is 7.68. The molecule has 6 nitrogen and oxygen atoms in total. The Labute approximate surface area is 135 Å². The predicted molar refractivity (Wildman–Crippen MR) is 89.3 cm³/mol. The quantitative estimate of drug-likeness (QED) is 0.884. The zero-order valence-corrected chi connectivity index (χ0v) is 13.9. The molecule has 1 heterocycles. The van der Waals surface area contributed by atoms with E-state index in [4.69, 9.17) is 0 Å². The fraction of sp³-hybridized carbons (Fsp3) is 0.353. The van der Waals surface area contributed by atoms with Gasteiger partial charge in [-0.3, -0.25) is 14.3 Å². The van der Waals surface area contributed by atoms with Crippen LogP contribution in [0.5, 0.6) is 0 Å². The molecule has 6 heteroatoms. The maximum Gasteiger partial charge on any atom is 0.243 e. The number of nitrogens with zero attached hydrogens (tertiary/aromatic N) is 2. The number of nitrogens with one attached hydrogen (secondary N) is 2. The van der Waals surface area contributed by atoms with Crippen molar-refractivity contribution < 1.29 is 9.59 Å². The summed E-state index contributed by atoms with van der Waals surface area (Å²) in [7, 11) is 0. The van der Waals surface area contributed by atoms with E-state index in [0.717, 1.165) is 28.2 Å². The molecule has 0 aliphatic carbocycles. The third-order valence-electron chi connectivity index (χ3n) is 3.59. The molecule has 0 unspecified atom stereocenters. The monoisotopic (exact) mass is 314 g/mol. The predicted octanol–water partition coefficient (Wildman–Crippen LogP) is 1.87. The second-order valence-corrected chi connectivity index (χ2v) is 5.68. The van der Waals surface area contributed by atoms with Crippen LogP contribution in [0.3, 0.4) is 0 Å². The molecule has 1 aromatic heterocycles. The van der Waals surface area contributed by atoms with Gasteiger partial charge in [-0.2, -0.15) is 5.10 Å². The molecule has 23 heavy (non-hydrogen) atoms. The van der Waals surface area contributed by atoms with Crippen molar-refractivity contribution in [3.63, 3.8) is 0 Å². The first-order chi connectivity index (χ1) is 10.9. The van der Waals surface area contributed by atoms with Gasteiger partial charge in [0.2, 0.25) is 11.8 Å². The van der Waals surface area contributed by atoms with Crippen molar-refractivity contribution in [3.8, 4) is 0 Å². The van der Waals surface area contributed by atoms with Gasteiger partial charge in [0, 0.05) is 11.4 Å². The second-order valence-electron chi connectivity index (χ2n) is 5.68. The second kappa shape index (κ2) is 7.09. The molecule has 122 valence electrons. The van der Waals surface area contributed by atoms with Crippen LogP contribution in [0.25, 0.3) is 0 Å². The SMILES string of the molecule is Cc1cc(C)n(CC(=O)NCC(=O)Nc2c(C)cccc2C)n1. The minimum absolute atomic E-state index is 0.0636. The smallest absolute Gasteiger partial charge is 0.243 e. The molecule has 0 saturated carbocycles. The largest absolute Gasteiger partial charge is 0.345 e. The number of hydrogen-bond donors (Lipinski definition) is 2. The molecule has 2 aromatic rings. The van der Waals surface area contributed by atoms with Crippen LogP contribution in [0.4, 0.5) is 5.69 Å². The summed E-state index contributed by atoms with van der Waals surface area (Å²) in [4.78, 5) is 23.9. The normalized spacial score (nSPS) is 10.4. The van der Waals surface area contributed by atoms with Crippen molar-refractivity contribution in [1.82, 2.24) is 15.1 Å². The summed E-state index contributed by atoms with van der Waals surface area (Å²) in [5, 5.41) is 9.68. The minimum atomic E-state index is -0.246. The van der Waals surface area contributed by atoms with Crippen LogP contribution < -0.4 is 10.6 Å². The summed E-state index contributed by atoms with van der Waals surface area (Å²) in [5.41, 5.74) is 4.56. The van der Waals surface area contributed by atoms with Crippen molar-refractivity contribution in [2.45, 2.75) is 34.2 Å². The summed E-state index contributed by atoms with van der Waals surface area (Å²) in [6, 6.07) is 7.71. The van der Waals surface area contributed by atoms with E-state index in [1.807, 2.05) is 52.0 Å². The van der Waals surface area contributed by atoms with Crippen LogP contribution in [-0.4, -0.2) is 28.1 Å². The first-order valence-corrected chi connectivity index (χ1v) is 7.50. The highest BCUT2D eigenvalue weighted by Crippen LogP contribution is 2.18. The highest BCUT2D eigenvalue weighted by Gasteiger charge is 2.10. The average molecular weight is 314 g/mol. The molecule has 0 bridgehead atoms.